The van der Waals surface area contributed by atoms with Gasteiger partial charge in [-0.2, -0.15) is 8.78 Å². The summed E-state index contributed by atoms with van der Waals surface area (Å²) in [5, 5.41) is 0.901. The number of halogens is 2. The van der Waals surface area contributed by atoms with Crippen molar-refractivity contribution in [3.05, 3.63) is 30.0 Å². The summed E-state index contributed by atoms with van der Waals surface area (Å²) in [6.07, 6.45) is 1.72. The van der Waals surface area contributed by atoms with Gasteiger partial charge in [-0.15, -0.1) is 0 Å². The SMILES string of the molecule is [2H]C([2H])(Cc1c[nH]c2ccc(OC)cc12)N1CC[C@H](OC(F)F)C1. The highest BCUT2D eigenvalue weighted by atomic mass is 19.3. The largest absolute Gasteiger partial charge is 0.497 e. The lowest BCUT2D eigenvalue weighted by atomic mass is 10.1. The second-order valence-electron chi connectivity index (χ2n) is 5.31. The number of benzene rings is 1. The minimum absolute atomic E-state index is 0.154. The molecule has 1 aromatic heterocycles. The molecule has 0 bridgehead atoms. The van der Waals surface area contributed by atoms with Crippen LogP contribution in [0, 0.1) is 0 Å². The zero-order chi connectivity index (χ0) is 17.3. The third kappa shape index (κ3) is 3.39. The molecule has 0 radical (unpaired) electrons. The Hall–Kier alpha value is -1.66. The van der Waals surface area contributed by atoms with E-state index in [0.717, 1.165) is 16.5 Å². The van der Waals surface area contributed by atoms with Gasteiger partial charge in [-0.3, -0.25) is 0 Å². The molecule has 0 aliphatic carbocycles. The number of nitrogens with zero attached hydrogens (tertiary/aromatic N) is 1. The van der Waals surface area contributed by atoms with Gasteiger partial charge in [-0.05, 0) is 36.6 Å². The van der Waals surface area contributed by atoms with Crippen LogP contribution in [-0.2, 0) is 11.2 Å². The topological polar surface area (TPSA) is 37.5 Å². The molecule has 1 aliphatic heterocycles. The second-order valence-corrected chi connectivity index (χ2v) is 5.31. The maximum atomic E-state index is 12.3. The molecule has 2 heterocycles. The molecule has 1 aromatic carbocycles. The number of hydrogen-bond acceptors (Lipinski definition) is 3. The summed E-state index contributed by atoms with van der Waals surface area (Å²) in [6.45, 7) is -3.89. The fourth-order valence-corrected chi connectivity index (χ4v) is 2.76. The number of ether oxygens (including phenoxy) is 2. The Bertz CT molecular complexity index is 708. The number of aryl methyl sites for hydroxylation is 1. The summed E-state index contributed by atoms with van der Waals surface area (Å²) >= 11 is 0. The molecule has 0 saturated carbocycles. The van der Waals surface area contributed by atoms with Gasteiger partial charge in [0.25, 0.3) is 0 Å². The van der Waals surface area contributed by atoms with Gasteiger partial charge in [0.1, 0.15) is 5.75 Å². The van der Waals surface area contributed by atoms with Crippen molar-refractivity contribution < 1.29 is 21.0 Å². The highest BCUT2D eigenvalue weighted by Crippen LogP contribution is 2.24. The number of aromatic nitrogens is 1. The van der Waals surface area contributed by atoms with Crippen LogP contribution in [0.3, 0.4) is 0 Å². The molecular formula is C16H20F2N2O2. The number of aromatic amines is 1. The van der Waals surface area contributed by atoms with E-state index in [1.807, 2.05) is 18.2 Å². The first-order valence-corrected chi connectivity index (χ1v) is 7.22. The molecule has 1 aliphatic rings. The van der Waals surface area contributed by atoms with Crippen molar-refractivity contribution in [3.63, 3.8) is 0 Å². The fraction of sp³-hybridized carbons (Fsp3) is 0.500. The third-order valence-electron chi connectivity index (χ3n) is 3.91. The maximum absolute atomic E-state index is 12.3. The van der Waals surface area contributed by atoms with Crippen molar-refractivity contribution in [2.75, 3.05) is 26.7 Å². The normalized spacial score (nSPS) is 21.4. The van der Waals surface area contributed by atoms with E-state index in [1.165, 1.54) is 0 Å². The Balaban J connectivity index is 1.75. The summed E-state index contributed by atoms with van der Waals surface area (Å²) in [5.41, 5.74) is 1.73. The number of likely N-dealkylation sites (tertiary alicyclic amines) is 1. The van der Waals surface area contributed by atoms with Crippen LogP contribution < -0.4 is 4.74 Å². The van der Waals surface area contributed by atoms with Crippen LogP contribution in [0.25, 0.3) is 10.9 Å². The molecule has 3 rings (SSSR count). The van der Waals surface area contributed by atoms with Crippen LogP contribution in [0.2, 0.25) is 0 Å². The molecule has 1 atom stereocenters. The number of rotatable bonds is 6. The van der Waals surface area contributed by atoms with E-state index in [-0.39, 0.29) is 13.0 Å². The molecular weight excluding hydrogens is 290 g/mol. The standard InChI is InChI=1S/C16H20F2N2O2/c1-21-12-2-3-15-14(8-12)11(9-19-15)4-6-20-7-5-13(10-20)22-16(17)18/h2-3,8-9,13,16,19H,4-7,10H2,1H3/t13-/m0/s1/i6D2. The van der Waals surface area contributed by atoms with E-state index in [9.17, 15) is 8.78 Å². The average Bonchev–Trinajstić information content (AvgIpc) is 3.14. The summed E-state index contributed by atoms with van der Waals surface area (Å²) in [4.78, 5) is 4.69. The molecule has 4 nitrogen and oxygen atoms in total. The highest BCUT2D eigenvalue weighted by molar-refractivity contribution is 5.84. The Morgan fingerprint density at radius 3 is 3.14 bits per heavy atom. The van der Waals surface area contributed by atoms with Gasteiger partial charge in [-0.25, -0.2) is 0 Å². The molecule has 1 fully saturated rings. The lowest BCUT2D eigenvalue weighted by Gasteiger charge is -2.15. The van der Waals surface area contributed by atoms with Crippen molar-refractivity contribution in [2.45, 2.75) is 25.6 Å². The van der Waals surface area contributed by atoms with Gasteiger partial charge < -0.3 is 19.4 Å². The Kier molecular flexibility index (Phi) is 3.87. The third-order valence-corrected chi connectivity index (χ3v) is 3.91. The van der Waals surface area contributed by atoms with Crippen molar-refractivity contribution in [2.24, 2.45) is 0 Å². The smallest absolute Gasteiger partial charge is 0.345 e. The lowest BCUT2D eigenvalue weighted by Crippen LogP contribution is -2.26. The quantitative estimate of drug-likeness (QED) is 0.891. The van der Waals surface area contributed by atoms with E-state index in [2.05, 4.69) is 9.72 Å². The fourth-order valence-electron chi connectivity index (χ4n) is 2.76. The van der Waals surface area contributed by atoms with Crippen molar-refractivity contribution >= 4 is 10.9 Å². The van der Waals surface area contributed by atoms with E-state index < -0.39 is 19.2 Å². The number of methoxy groups -OCH3 is 1. The van der Waals surface area contributed by atoms with Crippen molar-refractivity contribution in [1.29, 1.82) is 0 Å². The van der Waals surface area contributed by atoms with Gasteiger partial charge in [-0.1, -0.05) is 0 Å². The predicted octanol–water partition coefficient (Wildman–Crippen LogP) is 3.03. The van der Waals surface area contributed by atoms with Crippen LogP contribution in [0.15, 0.2) is 24.4 Å². The summed E-state index contributed by atoms with van der Waals surface area (Å²) < 4.78 is 51.1. The number of fused-ring (bicyclic) bond motifs is 1. The first-order chi connectivity index (χ1) is 11.4. The van der Waals surface area contributed by atoms with Crippen molar-refractivity contribution in [3.8, 4) is 5.75 Å². The number of nitrogens with one attached hydrogen (secondary N) is 1. The zero-order valence-electron chi connectivity index (χ0n) is 14.3. The summed E-state index contributed by atoms with van der Waals surface area (Å²) in [7, 11) is 1.58. The molecule has 0 amide bonds. The summed E-state index contributed by atoms with van der Waals surface area (Å²) in [5.74, 6) is 0.704. The Labute approximate surface area is 130 Å². The second kappa shape index (κ2) is 6.62. The maximum Gasteiger partial charge on any atom is 0.345 e. The molecule has 1 N–H and O–H groups in total. The van der Waals surface area contributed by atoms with Crippen molar-refractivity contribution in [1.82, 2.24) is 9.88 Å². The first-order valence-electron chi connectivity index (χ1n) is 8.22. The van der Waals surface area contributed by atoms with E-state index in [1.54, 1.807) is 18.2 Å². The monoisotopic (exact) mass is 312 g/mol. The predicted molar refractivity (Wildman–Crippen MR) is 80.5 cm³/mol. The Morgan fingerprint density at radius 1 is 1.50 bits per heavy atom. The molecule has 0 spiro atoms. The Morgan fingerprint density at radius 2 is 2.36 bits per heavy atom. The highest BCUT2D eigenvalue weighted by Gasteiger charge is 2.25. The lowest BCUT2D eigenvalue weighted by molar-refractivity contribution is -0.158. The van der Waals surface area contributed by atoms with E-state index in [0.29, 0.717) is 18.7 Å². The minimum atomic E-state index is -2.82. The number of alkyl halides is 2. The van der Waals surface area contributed by atoms with Crippen LogP contribution in [-0.4, -0.2) is 49.3 Å². The zero-order valence-corrected chi connectivity index (χ0v) is 12.3. The number of hydrogen-bond donors (Lipinski definition) is 1. The molecule has 120 valence electrons. The number of H-pyrrole nitrogens is 1. The van der Waals surface area contributed by atoms with Crippen LogP contribution in [0.4, 0.5) is 8.78 Å². The molecule has 6 heteroatoms. The van der Waals surface area contributed by atoms with Gasteiger partial charge in [0.2, 0.25) is 0 Å². The van der Waals surface area contributed by atoms with Crippen LogP contribution in [0.1, 0.15) is 14.7 Å². The molecule has 1 saturated heterocycles. The van der Waals surface area contributed by atoms with Crippen LogP contribution >= 0.6 is 0 Å². The average molecular weight is 312 g/mol. The van der Waals surface area contributed by atoms with Crippen LogP contribution in [0.5, 0.6) is 5.75 Å². The first kappa shape index (κ1) is 12.8. The molecule has 0 unspecified atom stereocenters. The van der Waals surface area contributed by atoms with E-state index >= 15 is 0 Å². The minimum Gasteiger partial charge on any atom is -0.497 e. The van der Waals surface area contributed by atoms with Gasteiger partial charge in [0, 0.05) is 39.4 Å². The molecule has 22 heavy (non-hydrogen) atoms. The van der Waals surface area contributed by atoms with Gasteiger partial charge in [0.05, 0.1) is 13.2 Å². The van der Waals surface area contributed by atoms with Gasteiger partial charge in [0.15, 0.2) is 0 Å². The van der Waals surface area contributed by atoms with E-state index in [4.69, 9.17) is 7.48 Å². The summed E-state index contributed by atoms with van der Waals surface area (Å²) in [6, 6.07) is 5.59. The molecule has 2 aromatic rings. The van der Waals surface area contributed by atoms with Gasteiger partial charge >= 0.3 is 6.61 Å².